The molecule has 0 saturated heterocycles. The largest absolute Gasteiger partial charge is 0.450 e. The average molecular weight is 298 g/mol. The van der Waals surface area contributed by atoms with Crippen LogP contribution < -0.4 is 10.2 Å². The van der Waals surface area contributed by atoms with E-state index in [2.05, 4.69) is 5.32 Å². The number of rotatable bonds is 4. The number of hydrogen-bond donors (Lipinski definition) is 1. The van der Waals surface area contributed by atoms with Gasteiger partial charge in [-0.05, 0) is 43.3 Å². The van der Waals surface area contributed by atoms with Crippen molar-refractivity contribution in [3.8, 4) is 0 Å². The van der Waals surface area contributed by atoms with Crippen LogP contribution in [0.3, 0.4) is 0 Å². The van der Waals surface area contributed by atoms with Crippen molar-refractivity contribution in [3.63, 3.8) is 0 Å². The van der Waals surface area contributed by atoms with Gasteiger partial charge in [0.2, 0.25) is 0 Å². The molecule has 2 aromatic rings. The lowest BCUT2D eigenvalue weighted by Crippen LogP contribution is -2.26. The summed E-state index contributed by atoms with van der Waals surface area (Å²) >= 11 is 0. The van der Waals surface area contributed by atoms with Crippen LogP contribution in [0.1, 0.15) is 17.3 Å². The van der Waals surface area contributed by atoms with Gasteiger partial charge in [0.05, 0.1) is 6.61 Å². The molecule has 22 heavy (non-hydrogen) atoms. The number of anilines is 2. The van der Waals surface area contributed by atoms with E-state index in [9.17, 15) is 9.59 Å². The lowest BCUT2D eigenvalue weighted by atomic mass is 10.1. The standard InChI is InChI=1S/C17H18N2O3/c1-3-22-17(21)18-14-11-9-13(10-12-14)16(20)19(2)15-7-5-4-6-8-15/h4-12H,3H2,1-2H3,(H,18,21). The second-order valence-corrected chi connectivity index (χ2v) is 4.62. The molecule has 0 atom stereocenters. The third-order valence-electron chi connectivity index (χ3n) is 3.10. The van der Waals surface area contributed by atoms with Crippen LogP contribution in [0.5, 0.6) is 0 Å². The predicted octanol–water partition coefficient (Wildman–Crippen LogP) is 3.53. The molecule has 2 rings (SSSR count). The molecule has 5 nitrogen and oxygen atoms in total. The van der Waals surface area contributed by atoms with Gasteiger partial charge in [-0.3, -0.25) is 10.1 Å². The van der Waals surface area contributed by atoms with E-state index in [1.165, 1.54) is 0 Å². The highest BCUT2D eigenvalue weighted by Crippen LogP contribution is 2.16. The summed E-state index contributed by atoms with van der Waals surface area (Å²) < 4.78 is 4.79. The van der Waals surface area contributed by atoms with Crippen LogP contribution in [0, 0.1) is 0 Å². The molecule has 0 heterocycles. The lowest BCUT2D eigenvalue weighted by molar-refractivity contribution is 0.0993. The number of benzene rings is 2. The van der Waals surface area contributed by atoms with Crippen LogP contribution in [-0.4, -0.2) is 25.7 Å². The summed E-state index contributed by atoms with van der Waals surface area (Å²) in [6.07, 6.45) is -0.511. The van der Waals surface area contributed by atoms with E-state index in [1.807, 2.05) is 30.3 Å². The molecule has 5 heteroatoms. The summed E-state index contributed by atoms with van der Waals surface area (Å²) in [5, 5.41) is 2.58. The van der Waals surface area contributed by atoms with Crippen molar-refractivity contribution in [1.82, 2.24) is 0 Å². The maximum atomic E-state index is 12.4. The summed E-state index contributed by atoms with van der Waals surface area (Å²) in [7, 11) is 1.72. The normalized spacial score (nSPS) is 9.91. The van der Waals surface area contributed by atoms with Crippen LogP contribution >= 0.6 is 0 Å². The summed E-state index contributed by atoms with van der Waals surface area (Å²) in [6.45, 7) is 2.05. The van der Waals surface area contributed by atoms with Gasteiger partial charge in [-0.2, -0.15) is 0 Å². The fourth-order valence-electron chi connectivity index (χ4n) is 1.94. The first-order valence-electron chi connectivity index (χ1n) is 6.98. The zero-order valence-electron chi connectivity index (χ0n) is 12.6. The molecule has 0 aliphatic carbocycles. The Morgan fingerprint density at radius 1 is 1.05 bits per heavy atom. The number of para-hydroxylation sites is 1. The molecule has 0 aliphatic heterocycles. The minimum atomic E-state index is -0.511. The van der Waals surface area contributed by atoms with Crippen LogP contribution in [-0.2, 0) is 4.74 Å². The fourth-order valence-corrected chi connectivity index (χ4v) is 1.94. The topological polar surface area (TPSA) is 58.6 Å². The van der Waals surface area contributed by atoms with E-state index in [0.29, 0.717) is 17.9 Å². The second-order valence-electron chi connectivity index (χ2n) is 4.62. The van der Waals surface area contributed by atoms with Crippen molar-refractivity contribution in [2.45, 2.75) is 6.92 Å². The van der Waals surface area contributed by atoms with Crippen molar-refractivity contribution in [2.24, 2.45) is 0 Å². The number of carbonyl (C=O) groups is 2. The zero-order chi connectivity index (χ0) is 15.9. The van der Waals surface area contributed by atoms with Crippen LogP contribution in [0.4, 0.5) is 16.2 Å². The number of nitrogens with zero attached hydrogens (tertiary/aromatic N) is 1. The van der Waals surface area contributed by atoms with Gasteiger partial charge in [0.1, 0.15) is 0 Å². The Kier molecular flexibility index (Phi) is 5.14. The third-order valence-corrected chi connectivity index (χ3v) is 3.10. The van der Waals surface area contributed by atoms with Crippen LogP contribution in [0.25, 0.3) is 0 Å². The summed E-state index contributed by atoms with van der Waals surface area (Å²) in [6, 6.07) is 16.1. The SMILES string of the molecule is CCOC(=O)Nc1ccc(C(=O)N(C)c2ccccc2)cc1. The molecule has 0 aliphatic rings. The van der Waals surface area contributed by atoms with Crippen molar-refractivity contribution >= 4 is 23.4 Å². The molecular weight excluding hydrogens is 280 g/mol. The van der Waals surface area contributed by atoms with E-state index in [1.54, 1.807) is 43.1 Å². The molecule has 0 radical (unpaired) electrons. The quantitative estimate of drug-likeness (QED) is 0.939. The Bertz CT molecular complexity index is 639. The Labute approximate surface area is 129 Å². The summed E-state index contributed by atoms with van der Waals surface area (Å²) in [5.74, 6) is -0.117. The molecule has 2 amide bonds. The Hall–Kier alpha value is -2.82. The molecule has 0 saturated carbocycles. The minimum absolute atomic E-state index is 0.117. The van der Waals surface area contributed by atoms with Gasteiger partial charge in [0.25, 0.3) is 5.91 Å². The van der Waals surface area contributed by atoms with Gasteiger partial charge in [-0.1, -0.05) is 18.2 Å². The molecule has 0 unspecified atom stereocenters. The first-order valence-corrected chi connectivity index (χ1v) is 6.98. The number of carbonyl (C=O) groups excluding carboxylic acids is 2. The highest BCUT2D eigenvalue weighted by molar-refractivity contribution is 6.06. The minimum Gasteiger partial charge on any atom is -0.450 e. The van der Waals surface area contributed by atoms with E-state index in [4.69, 9.17) is 4.74 Å². The Morgan fingerprint density at radius 3 is 2.27 bits per heavy atom. The number of amides is 2. The van der Waals surface area contributed by atoms with E-state index in [0.717, 1.165) is 5.69 Å². The van der Waals surface area contributed by atoms with Crippen molar-refractivity contribution in [1.29, 1.82) is 0 Å². The van der Waals surface area contributed by atoms with E-state index < -0.39 is 6.09 Å². The summed E-state index contributed by atoms with van der Waals surface area (Å²) in [5.41, 5.74) is 1.94. The van der Waals surface area contributed by atoms with Crippen LogP contribution in [0.15, 0.2) is 54.6 Å². The fraction of sp³-hybridized carbons (Fsp3) is 0.176. The molecule has 0 aromatic heterocycles. The van der Waals surface area contributed by atoms with Gasteiger partial charge in [-0.15, -0.1) is 0 Å². The average Bonchev–Trinajstić information content (AvgIpc) is 2.55. The molecule has 0 bridgehead atoms. The highest BCUT2D eigenvalue weighted by Gasteiger charge is 2.13. The van der Waals surface area contributed by atoms with E-state index >= 15 is 0 Å². The zero-order valence-corrected chi connectivity index (χ0v) is 12.6. The van der Waals surface area contributed by atoms with Crippen molar-refractivity contribution in [2.75, 3.05) is 23.9 Å². The van der Waals surface area contributed by atoms with Gasteiger partial charge in [0.15, 0.2) is 0 Å². The Balaban J connectivity index is 2.06. The molecule has 1 N–H and O–H groups in total. The molecule has 2 aromatic carbocycles. The maximum Gasteiger partial charge on any atom is 0.411 e. The third kappa shape index (κ3) is 3.85. The number of nitrogens with one attached hydrogen (secondary N) is 1. The smallest absolute Gasteiger partial charge is 0.411 e. The van der Waals surface area contributed by atoms with Gasteiger partial charge in [0, 0.05) is 24.0 Å². The molecule has 0 fully saturated rings. The van der Waals surface area contributed by atoms with Crippen molar-refractivity contribution in [3.05, 3.63) is 60.2 Å². The van der Waals surface area contributed by atoms with Gasteiger partial charge in [-0.25, -0.2) is 4.79 Å². The molecule has 114 valence electrons. The first-order chi connectivity index (χ1) is 10.6. The highest BCUT2D eigenvalue weighted by atomic mass is 16.5. The lowest BCUT2D eigenvalue weighted by Gasteiger charge is -2.17. The molecule has 0 spiro atoms. The van der Waals surface area contributed by atoms with Gasteiger partial charge >= 0.3 is 6.09 Å². The van der Waals surface area contributed by atoms with Crippen LogP contribution in [0.2, 0.25) is 0 Å². The summed E-state index contributed by atoms with van der Waals surface area (Å²) in [4.78, 5) is 25.3. The molecular formula is C17H18N2O3. The Morgan fingerprint density at radius 2 is 1.68 bits per heavy atom. The number of hydrogen-bond acceptors (Lipinski definition) is 3. The number of ether oxygens (including phenoxy) is 1. The van der Waals surface area contributed by atoms with Crippen molar-refractivity contribution < 1.29 is 14.3 Å². The van der Waals surface area contributed by atoms with E-state index in [-0.39, 0.29) is 5.91 Å². The first kappa shape index (κ1) is 15.6. The second kappa shape index (κ2) is 7.26. The monoisotopic (exact) mass is 298 g/mol. The van der Waals surface area contributed by atoms with Gasteiger partial charge < -0.3 is 9.64 Å². The predicted molar refractivity (Wildman–Crippen MR) is 86.3 cm³/mol. The maximum absolute atomic E-state index is 12.4.